The molecule has 0 saturated heterocycles. The third-order valence-corrected chi connectivity index (χ3v) is 3.98. The van der Waals surface area contributed by atoms with Crippen molar-refractivity contribution in [3.63, 3.8) is 0 Å². The number of hydrogen-bond acceptors (Lipinski definition) is 2. The molecule has 0 saturated carbocycles. The van der Waals surface area contributed by atoms with Crippen molar-refractivity contribution in [1.29, 1.82) is 0 Å². The molecular weight excluding hydrogens is 330 g/mol. The highest BCUT2D eigenvalue weighted by Gasteiger charge is 2.18. The quantitative estimate of drug-likeness (QED) is 0.576. The van der Waals surface area contributed by atoms with Crippen LogP contribution < -0.4 is 5.56 Å². The molecule has 0 fully saturated rings. The fourth-order valence-electron chi connectivity index (χ4n) is 2.48. The molecular formula is C16H10BrN3O. The first-order valence-electron chi connectivity index (χ1n) is 6.49. The van der Waals surface area contributed by atoms with Gasteiger partial charge in [0.2, 0.25) is 0 Å². The molecule has 21 heavy (non-hydrogen) atoms. The second kappa shape index (κ2) is 4.56. The summed E-state index contributed by atoms with van der Waals surface area (Å²) < 4.78 is 2.40. The van der Waals surface area contributed by atoms with Gasteiger partial charge in [0, 0.05) is 21.6 Å². The van der Waals surface area contributed by atoms with Crippen molar-refractivity contribution in [1.82, 2.24) is 14.8 Å². The number of pyridine rings is 1. The lowest BCUT2D eigenvalue weighted by molar-refractivity contribution is 0.859. The predicted molar refractivity (Wildman–Crippen MR) is 86.0 cm³/mol. The SMILES string of the molecule is O=c1c2c[nH]c3ccc(Br)cc3c-2nn1-c1ccccc1. The van der Waals surface area contributed by atoms with Gasteiger partial charge >= 0.3 is 0 Å². The second-order valence-electron chi connectivity index (χ2n) is 4.79. The zero-order chi connectivity index (χ0) is 14.4. The Labute approximate surface area is 128 Å². The van der Waals surface area contributed by atoms with Gasteiger partial charge in [-0.1, -0.05) is 34.1 Å². The van der Waals surface area contributed by atoms with Crippen LogP contribution in [0.2, 0.25) is 0 Å². The van der Waals surface area contributed by atoms with E-state index in [0.717, 1.165) is 21.1 Å². The average Bonchev–Trinajstić information content (AvgIpc) is 2.86. The molecule has 2 heterocycles. The number of halogens is 1. The van der Waals surface area contributed by atoms with Crippen molar-refractivity contribution in [3.05, 3.63) is 69.6 Å². The summed E-state index contributed by atoms with van der Waals surface area (Å²) in [6.07, 6.45) is 1.72. The number of nitrogens with zero attached hydrogens (tertiary/aromatic N) is 2. The van der Waals surface area contributed by atoms with E-state index < -0.39 is 0 Å². The predicted octanol–water partition coefficient (Wildman–Crippen LogP) is 3.58. The van der Waals surface area contributed by atoms with Crippen LogP contribution in [-0.4, -0.2) is 14.8 Å². The van der Waals surface area contributed by atoms with E-state index in [4.69, 9.17) is 0 Å². The Balaban J connectivity index is 2.10. The Morgan fingerprint density at radius 2 is 1.90 bits per heavy atom. The van der Waals surface area contributed by atoms with Crippen LogP contribution in [0.5, 0.6) is 0 Å². The molecule has 4 rings (SSSR count). The lowest BCUT2D eigenvalue weighted by atomic mass is 10.1. The number of H-pyrrole nitrogens is 1. The lowest BCUT2D eigenvalue weighted by Gasteiger charge is -2.02. The van der Waals surface area contributed by atoms with E-state index in [1.165, 1.54) is 4.68 Å². The second-order valence-corrected chi connectivity index (χ2v) is 5.71. The largest absolute Gasteiger partial charge is 0.360 e. The van der Waals surface area contributed by atoms with Gasteiger partial charge in [0.1, 0.15) is 5.69 Å². The van der Waals surface area contributed by atoms with Crippen LogP contribution >= 0.6 is 15.9 Å². The highest BCUT2D eigenvalue weighted by atomic mass is 79.9. The molecule has 0 amide bonds. The molecule has 0 bridgehead atoms. The summed E-state index contributed by atoms with van der Waals surface area (Å²) >= 11 is 3.46. The zero-order valence-electron chi connectivity index (χ0n) is 10.9. The van der Waals surface area contributed by atoms with E-state index in [2.05, 4.69) is 26.0 Å². The van der Waals surface area contributed by atoms with Crippen LogP contribution in [0.4, 0.5) is 0 Å². The average molecular weight is 340 g/mol. The van der Waals surface area contributed by atoms with E-state index in [9.17, 15) is 4.79 Å². The molecule has 2 aliphatic rings. The first-order valence-corrected chi connectivity index (χ1v) is 7.28. The van der Waals surface area contributed by atoms with Crippen LogP contribution in [0.1, 0.15) is 0 Å². The molecule has 0 atom stereocenters. The number of aromatic amines is 1. The normalized spacial score (nSPS) is 11.3. The highest BCUT2D eigenvalue weighted by Crippen LogP contribution is 2.28. The number of rotatable bonds is 1. The number of para-hydroxylation sites is 1. The topological polar surface area (TPSA) is 50.7 Å². The van der Waals surface area contributed by atoms with Crippen LogP contribution in [0.3, 0.4) is 0 Å². The maximum absolute atomic E-state index is 12.5. The molecule has 2 aromatic carbocycles. The van der Waals surface area contributed by atoms with Gasteiger partial charge in [0.05, 0.1) is 11.3 Å². The minimum absolute atomic E-state index is 0.116. The minimum Gasteiger partial charge on any atom is -0.360 e. The molecule has 102 valence electrons. The standard InChI is InChI=1S/C16H10BrN3O/c17-10-6-7-14-12(8-10)15-13(9-18-14)16(21)20(19-15)11-4-2-1-3-5-11/h1-9,18H. The third-order valence-electron chi connectivity index (χ3n) is 3.49. The summed E-state index contributed by atoms with van der Waals surface area (Å²) in [4.78, 5) is 15.7. The first kappa shape index (κ1) is 12.3. The van der Waals surface area contributed by atoms with Crippen LogP contribution in [0.25, 0.3) is 27.8 Å². The lowest BCUT2D eigenvalue weighted by Crippen LogP contribution is -2.14. The van der Waals surface area contributed by atoms with Gasteiger partial charge in [-0.3, -0.25) is 4.79 Å². The smallest absolute Gasteiger partial charge is 0.282 e. The third kappa shape index (κ3) is 1.89. The monoisotopic (exact) mass is 339 g/mol. The van der Waals surface area contributed by atoms with E-state index >= 15 is 0 Å². The van der Waals surface area contributed by atoms with Crippen LogP contribution in [0, 0.1) is 0 Å². The first-order chi connectivity index (χ1) is 10.2. The summed E-state index contributed by atoms with van der Waals surface area (Å²) in [6.45, 7) is 0. The molecule has 0 spiro atoms. The summed E-state index contributed by atoms with van der Waals surface area (Å²) in [6, 6.07) is 15.3. The van der Waals surface area contributed by atoms with Gasteiger partial charge in [-0.05, 0) is 30.3 Å². The highest BCUT2D eigenvalue weighted by molar-refractivity contribution is 9.10. The maximum atomic E-state index is 12.5. The number of fused-ring (bicyclic) bond motifs is 3. The molecule has 0 aliphatic carbocycles. The molecule has 2 aromatic rings. The van der Waals surface area contributed by atoms with Crippen molar-refractivity contribution in [3.8, 4) is 16.9 Å². The Hall–Kier alpha value is -2.40. The number of nitrogens with one attached hydrogen (secondary N) is 1. The Bertz CT molecular complexity index is 972. The van der Waals surface area contributed by atoms with Gasteiger partial charge in [-0.2, -0.15) is 9.78 Å². The van der Waals surface area contributed by atoms with Crippen molar-refractivity contribution in [2.45, 2.75) is 0 Å². The fourth-order valence-corrected chi connectivity index (χ4v) is 2.84. The summed E-state index contributed by atoms with van der Waals surface area (Å²) in [5.41, 5.74) is 2.89. The number of hydrogen-bond donors (Lipinski definition) is 1. The van der Waals surface area contributed by atoms with Gasteiger partial charge in [-0.25, -0.2) is 0 Å². The van der Waals surface area contributed by atoms with Crippen LogP contribution in [-0.2, 0) is 0 Å². The molecule has 0 aromatic heterocycles. The van der Waals surface area contributed by atoms with Gasteiger partial charge in [0.15, 0.2) is 0 Å². The van der Waals surface area contributed by atoms with E-state index in [1.807, 2.05) is 48.5 Å². The van der Waals surface area contributed by atoms with E-state index in [-0.39, 0.29) is 5.56 Å². The summed E-state index contributed by atoms with van der Waals surface area (Å²) in [5.74, 6) is 0. The molecule has 0 radical (unpaired) electrons. The Morgan fingerprint density at radius 1 is 1.10 bits per heavy atom. The van der Waals surface area contributed by atoms with E-state index in [0.29, 0.717) is 11.3 Å². The van der Waals surface area contributed by atoms with Gasteiger partial charge in [0.25, 0.3) is 5.56 Å². The minimum atomic E-state index is -0.116. The summed E-state index contributed by atoms with van der Waals surface area (Å²) in [7, 11) is 0. The van der Waals surface area contributed by atoms with Crippen LogP contribution in [0.15, 0.2) is 64.0 Å². The van der Waals surface area contributed by atoms with Gasteiger partial charge in [-0.15, -0.1) is 0 Å². The Morgan fingerprint density at radius 3 is 2.71 bits per heavy atom. The fraction of sp³-hybridized carbons (Fsp3) is 0. The van der Waals surface area contributed by atoms with Crippen molar-refractivity contribution in [2.24, 2.45) is 0 Å². The number of benzene rings is 2. The molecule has 2 aliphatic heterocycles. The zero-order valence-corrected chi connectivity index (χ0v) is 12.5. The molecule has 5 heteroatoms. The summed E-state index contributed by atoms with van der Waals surface area (Å²) in [5, 5.41) is 5.44. The maximum Gasteiger partial charge on any atom is 0.282 e. The molecule has 1 N–H and O–H groups in total. The van der Waals surface area contributed by atoms with Gasteiger partial charge < -0.3 is 4.98 Å². The van der Waals surface area contributed by atoms with E-state index in [1.54, 1.807) is 6.20 Å². The molecule has 4 nitrogen and oxygen atoms in total. The number of aromatic nitrogens is 3. The van der Waals surface area contributed by atoms with Crippen molar-refractivity contribution >= 4 is 26.8 Å². The van der Waals surface area contributed by atoms with Crippen molar-refractivity contribution < 1.29 is 0 Å². The van der Waals surface area contributed by atoms with Crippen molar-refractivity contribution in [2.75, 3.05) is 0 Å². The molecule has 0 unspecified atom stereocenters. The Kier molecular flexibility index (Phi) is 2.68.